The molecule has 6 N–H and O–H groups in total. The first-order valence-corrected chi connectivity index (χ1v) is 10.6. The van der Waals surface area contributed by atoms with Gasteiger partial charge >= 0.3 is 0 Å². The van der Waals surface area contributed by atoms with Gasteiger partial charge in [0.1, 0.15) is 5.03 Å². The van der Waals surface area contributed by atoms with E-state index in [-0.39, 0.29) is 39.2 Å². The number of aromatic amines is 1. The Morgan fingerprint density at radius 1 is 1.20 bits per heavy atom. The molecule has 0 spiro atoms. The van der Waals surface area contributed by atoms with Crippen molar-refractivity contribution in [1.82, 2.24) is 20.3 Å². The number of amides is 2. The number of halogens is 2. The van der Waals surface area contributed by atoms with Gasteiger partial charge in [-0.25, -0.2) is 18.7 Å². The van der Waals surface area contributed by atoms with Crippen LogP contribution in [0.25, 0.3) is 10.9 Å². The third-order valence-corrected chi connectivity index (χ3v) is 5.88. The molecule has 2 amide bonds. The molecule has 0 saturated carbocycles. The summed E-state index contributed by atoms with van der Waals surface area (Å²) in [7, 11) is 0. The molecular weight excluding hydrogens is 484 g/mol. The first-order chi connectivity index (χ1) is 16.6. The Kier molecular flexibility index (Phi) is 6.29. The van der Waals surface area contributed by atoms with Crippen LogP contribution in [-0.2, 0) is 6.54 Å². The van der Waals surface area contributed by atoms with Gasteiger partial charge < -0.3 is 21.8 Å². The fourth-order valence-electron chi connectivity index (χ4n) is 3.20. The maximum atomic E-state index is 13.6. The van der Waals surface area contributed by atoms with Crippen LogP contribution in [-0.4, -0.2) is 31.7 Å². The number of nitrogens with two attached hydrogens (primary N) is 2. The maximum Gasteiger partial charge on any atom is 0.274 e. The van der Waals surface area contributed by atoms with Crippen molar-refractivity contribution in [3.05, 3.63) is 81.3 Å². The van der Waals surface area contributed by atoms with E-state index in [1.54, 1.807) is 0 Å². The summed E-state index contributed by atoms with van der Waals surface area (Å²) in [4.78, 5) is 46.0. The van der Waals surface area contributed by atoms with E-state index < -0.39 is 28.4 Å². The van der Waals surface area contributed by atoms with E-state index >= 15 is 0 Å². The number of nitrogen functional groups attached to an aromatic ring is 1. The third kappa shape index (κ3) is 4.86. The zero-order valence-corrected chi connectivity index (χ0v) is 18.4. The molecule has 2 heterocycles. The summed E-state index contributed by atoms with van der Waals surface area (Å²) in [5, 5.41) is 14.1. The fourth-order valence-corrected chi connectivity index (χ4v) is 4.08. The van der Waals surface area contributed by atoms with Crippen molar-refractivity contribution in [1.29, 1.82) is 0 Å². The predicted molar refractivity (Wildman–Crippen MR) is 122 cm³/mol. The molecule has 0 radical (unpaired) electrons. The highest BCUT2D eigenvalue weighted by molar-refractivity contribution is 7.99. The van der Waals surface area contributed by atoms with Crippen molar-refractivity contribution in [2.75, 3.05) is 5.73 Å². The van der Waals surface area contributed by atoms with Crippen molar-refractivity contribution in [3.63, 3.8) is 0 Å². The van der Waals surface area contributed by atoms with Gasteiger partial charge in [-0.05, 0) is 17.7 Å². The molecule has 0 saturated heterocycles. The van der Waals surface area contributed by atoms with Gasteiger partial charge in [0, 0.05) is 46.7 Å². The molecule has 0 aliphatic heterocycles. The van der Waals surface area contributed by atoms with Gasteiger partial charge in [0.25, 0.3) is 11.6 Å². The number of H-pyrrole nitrogens is 1. The number of nitrogens with zero attached hydrogens (tertiary/aromatic N) is 3. The Morgan fingerprint density at radius 3 is 2.66 bits per heavy atom. The summed E-state index contributed by atoms with van der Waals surface area (Å²) in [6, 6.07) is 5.61. The monoisotopic (exact) mass is 499 g/mol. The average molecular weight is 499 g/mol. The quantitative estimate of drug-likeness (QED) is 0.221. The lowest BCUT2D eigenvalue weighted by atomic mass is 10.1. The number of carbonyl (C=O) groups is 2. The summed E-state index contributed by atoms with van der Waals surface area (Å²) in [5.41, 5.74) is 11.4. The van der Waals surface area contributed by atoms with Gasteiger partial charge in [-0.3, -0.25) is 19.7 Å². The number of fused-ring (bicyclic) bond motifs is 1. The molecule has 2 aromatic heterocycles. The zero-order chi connectivity index (χ0) is 25.3. The average Bonchev–Trinajstić information content (AvgIpc) is 3.20. The topological polar surface area (TPSA) is 183 Å². The first-order valence-electron chi connectivity index (χ1n) is 9.76. The van der Waals surface area contributed by atoms with Gasteiger partial charge in [0.2, 0.25) is 5.91 Å². The third-order valence-electron chi connectivity index (χ3n) is 4.90. The zero-order valence-electron chi connectivity index (χ0n) is 17.5. The lowest BCUT2D eigenvalue weighted by Crippen LogP contribution is -2.25. The van der Waals surface area contributed by atoms with E-state index in [0.717, 1.165) is 30.0 Å². The molecular formula is C21H15F2N7O4S. The molecule has 0 bridgehead atoms. The lowest BCUT2D eigenvalue weighted by molar-refractivity contribution is -0.384. The molecule has 14 heteroatoms. The normalized spacial score (nSPS) is 10.9. The molecule has 4 aromatic rings. The Balaban J connectivity index is 1.55. The number of non-ortho nitro benzene ring substituents is 1. The van der Waals surface area contributed by atoms with Gasteiger partial charge in [-0.15, -0.1) is 0 Å². The number of primary amides is 1. The van der Waals surface area contributed by atoms with Crippen LogP contribution in [0.3, 0.4) is 0 Å². The molecule has 35 heavy (non-hydrogen) atoms. The van der Waals surface area contributed by atoms with Crippen LogP contribution in [0.5, 0.6) is 0 Å². The van der Waals surface area contributed by atoms with E-state index in [1.807, 2.05) is 0 Å². The van der Waals surface area contributed by atoms with Crippen molar-refractivity contribution in [3.8, 4) is 0 Å². The molecule has 0 aliphatic carbocycles. The fraction of sp³-hybridized carbons (Fsp3) is 0.0476. The maximum absolute atomic E-state index is 13.6. The number of hydrogen-bond acceptors (Lipinski definition) is 8. The van der Waals surface area contributed by atoms with Gasteiger partial charge in [-0.2, -0.15) is 0 Å². The van der Waals surface area contributed by atoms with E-state index in [2.05, 4.69) is 20.3 Å². The molecule has 4 rings (SSSR count). The van der Waals surface area contributed by atoms with Crippen molar-refractivity contribution in [2.45, 2.75) is 16.5 Å². The second kappa shape index (κ2) is 9.34. The van der Waals surface area contributed by atoms with Crippen LogP contribution in [0.4, 0.5) is 20.3 Å². The summed E-state index contributed by atoms with van der Waals surface area (Å²) in [5.74, 6) is -3.76. The van der Waals surface area contributed by atoms with Crippen LogP contribution in [0, 0.1) is 21.7 Å². The number of nitro benzene ring substituents is 1. The molecule has 2 aromatic carbocycles. The minimum absolute atomic E-state index is 0.0451. The minimum atomic E-state index is -1.02. The van der Waals surface area contributed by atoms with E-state index in [1.165, 1.54) is 24.5 Å². The number of hydrogen-bond donors (Lipinski definition) is 4. The van der Waals surface area contributed by atoms with Crippen molar-refractivity contribution >= 4 is 46.0 Å². The predicted octanol–water partition coefficient (Wildman–Crippen LogP) is 2.91. The standard InChI is InChI=1S/C21H15F2N7O4S/c22-13-4-11-9(6-26-15(11)5-14(13)23)7-28-21(32)18-19(24)27-8-17(29-18)35-16-2-1-10(30(33)34)3-12(16)20(25)31/h1-6,8,26H,7H2,(H2,24,27)(H2,25,31)(H,28,32). The Labute approximate surface area is 199 Å². The highest BCUT2D eigenvalue weighted by Gasteiger charge is 2.19. The summed E-state index contributed by atoms with van der Waals surface area (Å²) >= 11 is 0.909. The summed E-state index contributed by atoms with van der Waals surface area (Å²) in [6.45, 7) is -0.0451. The number of benzene rings is 2. The Hall–Kier alpha value is -4.59. The number of aromatic nitrogens is 3. The SMILES string of the molecule is NC(=O)c1cc([N+](=O)[O-])ccc1Sc1cnc(N)c(C(=O)NCc2c[nH]c3cc(F)c(F)cc23)n1. The van der Waals surface area contributed by atoms with Gasteiger partial charge in [-0.1, -0.05) is 11.8 Å². The molecule has 178 valence electrons. The first kappa shape index (κ1) is 23.6. The Morgan fingerprint density at radius 2 is 1.94 bits per heavy atom. The minimum Gasteiger partial charge on any atom is -0.382 e. The molecule has 0 fully saturated rings. The molecule has 0 aliphatic rings. The molecule has 0 atom stereocenters. The second-order valence-electron chi connectivity index (χ2n) is 7.15. The largest absolute Gasteiger partial charge is 0.382 e. The summed E-state index contributed by atoms with van der Waals surface area (Å²) in [6.07, 6.45) is 2.77. The number of rotatable bonds is 7. The molecule has 11 nitrogen and oxygen atoms in total. The Bertz CT molecular complexity index is 1510. The number of nitrogens with one attached hydrogen (secondary N) is 2. The van der Waals surface area contributed by atoms with E-state index in [4.69, 9.17) is 11.5 Å². The van der Waals surface area contributed by atoms with E-state index in [9.17, 15) is 28.5 Å². The van der Waals surface area contributed by atoms with Crippen LogP contribution in [0.15, 0.2) is 52.6 Å². The highest BCUT2D eigenvalue weighted by Crippen LogP contribution is 2.32. The van der Waals surface area contributed by atoms with Crippen LogP contribution < -0.4 is 16.8 Å². The summed E-state index contributed by atoms with van der Waals surface area (Å²) < 4.78 is 27.0. The number of nitro groups is 1. The van der Waals surface area contributed by atoms with Gasteiger partial charge in [0.15, 0.2) is 23.1 Å². The van der Waals surface area contributed by atoms with Crippen molar-refractivity contribution in [2.24, 2.45) is 5.73 Å². The second-order valence-corrected chi connectivity index (χ2v) is 8.22. The highest BCUT2D eigenvalue weighted by atomic mass is 32.2. The van der Waals surface area contributed by atoms with Crippen molar-refractivity contribution < 1.29 is 23.3 Å². The van der Waals surface area contributed by atoms with Gasteiger partial charge in [0.05, 0.1) is 16.7 Å². The smallest absolute Gasteiger partial charge is 0.274 e. The van der Waals surface area contributed by atoms with E-state index in [0.29, 0.717) is 16.5 Å². The van der Waals surface area contributed by atoms with Crippen LogP contribution in [0.2, 0.25) is 0 Å². The van der Waals surface area contributed by atoms with Crippen LogP contribution in [0.1, 0.15) is 26.4 Å². The lowest BCUT2D eigenvalue weighted by Gasteiger charge is -2.09. The molecule has 0 unspecified atom stereocenters. The van der Waals surface area contributed by atoms with Crippen LogP contribution >= 0.6 is 11.8 Å². The number of carbonyl (C=O) groups excluding carboxylic acids is 2. The number of anilines is 1.